The van der Waals surface area contributed by atoms with Crippen LogP contribution < -0.4 is 9.64 Å². The number of hydrogen-bond donors (Lipinski definition) is 0. The molecule has 1 fully saturated rings. The van der Waals surface area contributed by atoms with Gasteiger partial charge in [0.05, 0.1) is 13.7 Å². The minimum atomic E-state index is -0.0754. The third-order valence-electron chi connectivity index (χ3n) is 5.17. The van der Waals surface area contributed by atoms with Crippen LogP contribution in [0, 0.1) is 0 Å². The van der Waals surface area contributed by atoms with Gasteiger partial charge in [-0.15, -0.1) is 0 Å². The van der Waals surface area contributed by atoms with E-state index >= 15 is 0 Å². The summed E-state index contributed by atoms with van der Waals surface area (Å²) in [5.74, 6) is 1.15. The van der Waals surface area contributed by atoms with E-state index in [2.05, 4.69) is 11.0 Å². The van der Waals surface area contributed by atoms with E-state index in [0.717, 1.165) is 35.5 Å². The van der Waals surface area contributed by atoms with Gasteiger partial charge in [-0.05, 0) is 18.2 Å². The number of rotatable bonds is 5. The molecule has 1 aromatic heterocycles. The Labute approximate surface area is 164 Å². The van der Waals surface area contributed by atoms with Crippen LogP contribution in [0.15, 0.2) is 52.9 Å². The molecule has 4 rings (SSSR count). The lowest BCUT2D eigenvalue weighted by Gasteiger charge is -2.36. The molecule has 3 aromatic rings. The Bertz CT molecular complexity index is 974. The molecule has 0 atom stereocenters. The topological polar surface area (TPSA) is 55.2 Å². The molecule has 0 unspecified atom stereocenters. The van der Waals surface area contributed by atoms with E-state index in [0.29, 0.717) is 31.0 Å². The van der Waals surface area contributed by atoms with Gasteiger partial charge in [0.15, 0.2) is 5.76 Å². The summed E-state index contributed by atoms with van der Waals surface area (Å²) >= 11 is 0. The van der Waals surface area contributed by atoms with Crippen molar-refractivity contribution in [1.29, 1.82) is 0 Å². The van der Waals surface area contributed by atoms with Crippen molar-refractivity contribution in [3.05, 3.63) is 59.9 Å². The van der Waals surface area contributed by atoms with Gasteiger partial charge in [-0.3, -0.25) is 4.79 Å². The third-order valence-corrected chi connectivity index (χ3v) is 5.17. The smallest absolute Gasteiger partial charge is 0.290 e. The van der Waals surface area contributed by atoms with Crippen LogP contribution in [0.5, 0.6) is 5.75 Å². The Morgan fingerprint density at radius 3 is 2.57 bits per heavy atom. The van der Waals surface area contributed by atoms with Crippen molar-refractivity contribution in [1.82, 2.24) is 4.90 Å². The molecule has 1 aliphatic rings. The fourth-order valence-electron chi connectivity index (χ4n) is 3.68. The summed E-state index contributed by atoms with van der Waals surface area (Å²) in [6.07, 6.45) is 0. The molecule has 0 bridgehead atoms. The molecule has 0 spiro atoms. The summed E-state index contributed by atoms with van der Waals surface area (Å²) in [6.45, 7) is 3.15. The van der Waals surface area contributed by atoms with Gasteiger partial charge in [-0.2, -0.15) is 0 Å². The van der Waals surface area contributed by atoms with Crippen molar-refractivity contribution in [3.8, 4) is 5.75 Å². The van der Waals surface area contributed by atoms with Gasteiger partial charge >= 0.3 is 0 Å². The molecule has 2 heterocycles. The molecule has 1 saturated heterocycles. The third kappa shape index (κ3) is 3.43. The van der Waals surface area contributed by atoms with E-state index in [4.69, 9.17) is 13.9 Å². The summed E-state index contributed by atoms with van der Waals surface area (Å²) in [7, 11) is 3.30. The minimum absolute atomic E-state index is 0.0754. The van der Waals surface area contributed by atoms with Crippen LogP contribution in [0.1, 0.15) is 16.1 Å². The monoisotopic (exact) mass is 380 g/mol. The maximum atomic E-state index is 13.1. The van der Waals surface area contributed by atoms with Gasteiger partial charge in [0.25, 0.3) is 5.91 Å². The first-order chi connectivity index (χ1) is 13.7. The number of fused-ring (bicyclic) bond motifs is 1. The Hall–Kier alpha value is -2.99. The van der Waals surface area contributed by atoms with Crippen LogP contribution in [-0.4, -0.2) is 51.2 Å². The highest BCUT2D eigenvalue weighted by Crippen LogP contribution is 2.28. The van der Waals surface area contributed by atoms with Gasteiger partial charge < -0.3 is 23.7 Å². The molecule has 1 aliphatic heterocycles. The molecule has 28 heavy (non-hydrogen) atoms. The van der Waals surface area contributed by atoms with E-state index in [1.54, 1.807) is 14.2 Å². The number of nitrogens with zero attached hydrogens (tertiary/aromatic N) is 2. The molecule has 0 saturated carbocycles. The highest BCUT2D eigenvalue weighted by molar-refractivity contribution is 5.99. The number of methoxy groups -OCH3 is 2. The maximum Gasteiger partial charge on any atom is 0.290 e. The molecule has 146 valence electrons. The number of carbonyl (C=O) groups is 1. The number of piperazine rings is 1. The minimum Gasteiger partial charge on any atom is -0.497 e. The predicted molar refractivity (Wildman–Crippen MR) is 108 cm³/mol. The predicted octanol–water partition coefficient (Wildman–Crippen LogP) is 3.55. The fraction of sp³-hybridized carbons (Fsp3) is 0.318. The van der Waals surface area contributed by atoms with Crippen LogP contribution in [0.2, 0.25) is 0 Å². The summed E-state index contributed by atoms with van der Waals surface area (Å²) in [6, 6.07) is 15.7. The number of ether oxygens (including phenoxy) is 2. The standard InChI is InChI=1S/C22H24N2O4/c1-26-15-19-18-8-3-4-9-20(18)28-21(19)22(25)24-12-10-23(11-13-24)16-6-5-7-17(14-16)27-2/h3-9,14H,10-13,15H2,1-2H3. The Kier molecular flexibility index (Phi) is 5.21. The average Bonchev–Trinajstić information content (AvgIpc) is 3.12. The molecule has 6 nitrogen and oxygen atoms in total. The van der Waals surface area contributed by atoms with Crippen molar-refractivity contribution in [3.63, 3.8) is 0 Å². The van der Waals surface area contributed by atoms with Gasteiger partial charge in [0.1, 0.15) is 11.3 Å². The number of hydrogen-bond acceptors (Lipinski definition) is 5. The van der Waals surface area contributed by atoms with Crippen LogP contribution >= 0.6 is 0 Å². The summed E-state index contributed by atoms with van der Waals surface area (Å²) < 4.78 is 16.5. The molecule has 0 radical (unpaired) electrons. The number of benzene rings is 2. The van der Waals surface area contributed by atoms with Gasteiger partial charge in [0, 0.05) is 56.0 Å². The Balaban J connectivity index is 1.51. The van der Waals surface area contributed by atoms with Crippen LogP contribution in [-0.2, 0) is 11.3 Å². The van der Waals surface area contributed by atoms with Gasteiger partial charge in [-0.25, -0.2) is 0 Å². The quantitative estimate of drug-likeness (QED) is 0.678. The number of carbonyl (C=O) groups excluding carboxylic acids is 1. The Morgan fingerprint density at radius 2 is 1.82 bits per heavy atom. The molecule has 0 aliphatic carbocycles. The zero-order valence-corrected chi connectivity index (χ0v) is 16.2. The first kappa shape index (κ1) is 18.4. The number of furan rings is 1. The molecule has 1 amide bonds. The lowest BCUT2D eigenvalue weighted by atomic mass is 10.1. The zero-order valence-electron chi connectivity index (χ0n) is 16.2. The van der Waals surface area contributed by atoms with Crippen molar-refractivity contribution >= 4 is 22.6 Å². The molecular weight excluding hydrogens is 356 g/mol. The second kappa shape index (κ2) is 7.94. The lowest BCUT2D eigenvalue weighted by molar-refractivity contribution is 0.0710. The fourth-order valence-corrected chi connectivity index (χ4v) is 3.68. The van der Waals surface area contributed by atoms with Crippen molar-refractivity contribution in [2.24, 2.45) is 0 Å². The molecule has 2 aromatic carbocycles. The average molecular weight is 380 g/mol. The second-order valence-electron chi connectivity index (χ2n) is 6.82. The van der Waals surface area contributed by atoms with Crippen molar-refractivity contribution in [2.75, 3.05) is 45.3 Å². The largest absolute Gasteiger partial charge is 0.497 e. The first-order valence-electron chi connectivity index (χ1n) is 9.39. The summed E-state index contributed by atoms with van der Waals surface area (Å²) in [4.78, 5) is 17.3. The number of amides is 1. The van der Waals surface area contributed by atoms with Gasteiger partial charge in [-0.1, -0.05) is 24.3 Å². The van der Waals surface area contributed by atoms with E-state index in [-0.39, 0.29) is 5.91 Å². The molecule has 0 N–H and O–H groups in total. The number of para-hydroxylation sites is 1. The van der Waals surface area contributed by atoms with Crippen LogP contribution in [0.4, 0.5) is 5.69 Å². The highest BCUT2D eigenvalue weighted by Gasteiger charge is 2.28. The normalized spacial score (nSPS) is 14.5. The first-order valence-corrected chi connectivity index (χ1v) is 9.39. The molecule has 6 heteroatoms. The van der Waals surface area contributed by atoms with Crippen LogP contribution in [0.25, 0.3) is 11.0 Å². The Morgan fingerprint density at radius 1 is 1.04 bits per heavy atom. The van der Waals surface area contributed by atoms with Crippen molar-refractivity contribution < 1.29 is 18.7 Å². The highest BCUT2D eigenvalue weighted by atomic mass is 16.5. The number of anilines is 1. The SMILES string of the molecule is COCc1c(C(=O)N2CCN(c3cccc(OC)c3)CC2)oc2ccccc12. The molecular formula is C22H24N2O4. The van der Waals surface area contributed by atoms with E-state index in [1.165, 1.54) is 0 Å². The van der Waals surface area contributed by atoms with Crippen molar-refractivity contribution in [2.45, 2.75) is 6.61 Å². The second-order valence-corrected chi connectivity index (χ2v) is 6.82. The van der Waals surface area contributed by atoms with E-state index < -0.39 is 0 Å². The summed E-state index contributed by atoms with van der Waals surface area (Å²) in [5, 5.41) is 0.933. The lowest BCUT2D eigenvalue weighted by Crippen LogP contribution is -2.48. The van der Waals surface area contributed by atoms with E-state index in [1.807, 2.05) is 47.4 Å². The zero-order chi connectivity index (χ0) is 19.5. The van der Waals surface area contributed by atoms with E-state index in [9.17, 15) is 4.79 Å². The summed E-state index contributed by atoms with van der Waals surface area (Å²) in [5.41, 5.74) is 2.64. The van der Waals surface area contributed by atoms with Crippen LogP contribution in [0.3, 0.4) is 0 Å². The van der Waals surface area contributed by atoms with Gasteiger partial charge in [0.2, 0.25) is 0 Å². The maximum absolute atomic E-state index is 13.1.